The van der Waals surface area contributed by atoms with Gasteiger partial charge in [0, 0.05) is 34.0 Å². The molecule has 4 nitrogen and oxygen atoms in total. The first-order chi connectivity index (χ1) is 12.5. The Morgan fingerprint density at radius 3 is 2.73 bits per heavy atom. The molecule has 2 atom stereocenters. The van der Waals surface area contributed by atoms with Crippen LogP contribution in [0.1, 0.15) is 32.3 Å². The van der Waals surface area contributed by atoms with E-state index in [9.17, 15) is 0 Å². The summed E-state index contributed by atoms with van der Waals surface area (Å²) in [4.78, 5) is 7.56. The summed E-state index contributed by atoms with van der Waals surface area (Å²) < 4.78 is 0. The van der Waals surface area contributed by atoms with Crippen LogP contribution < -0.4 is 10.6 Å². The van der Waals surface area contributed by atoms with Crippen LogP contribution in [-0.2, 0) is 0 Å². The highest BCUT2D eigenvalue weighted by atomic mass is 32.2. The number of hydrogen-bond donors (Lipinski definition) is 2. The Kier molecular flexibility index (Phi) is 4.67. The molecule has 1 fully saturated rings. The van der Waals surface area contributed by atoms with Crippen molar-refractivity contribution in [3.63, 3.8) is 0 Å². The molecule has 2 aliphatic heterocycles. The van der Waals surface area contributed by atoms with Crippen molar-refractivity contribution in [2.75, 3.05) is 18.0 Å². The van der Waals surface area contributed by atoms with E-state index in [4.69, 9.17) is 11.1 Å². The van der Waals surface area contributed by atoms with E-state index in [1.54, 1.807) is 11.8 Å². The molecule has 1 saturated heterocycles. The van der Waals surface area contributed by atoms with Gasteiger partial charge in [-0.05, 0) is 57.5 Å². The predicted octanol–water partition coefficient (Wildman–Crippen LogP) is 4.45. The zero-order valence-corrected chi connectivity index (χ0v) is 16.2. The highest BCUT2D eigenvalue weighted by Gasteiger charge is 2.30. The highest BCUT2D eigenvalue weighted by Crippen LogP contribution is 2.49. The first-order valence-corrected chi connectivity index (χ1v) is 10.1. The van der Waals surface area contributed by atoms with Crippen molar-refractivity contribution in [1.82, 2.24) is 4.90 Å². The van der Waals surface area contributed by atoms with Crippen molar-refractivity contribution in [3.8, 4) is 0 Å². The van der Waals surface area contributed by atoms with Crippen molar-refractivity contribution < 1.29 is 0 Å². The van der Waals surface area contributed by atoms with Gasteiger partial charge in [-0.25, -0.2) is 0 Å². The number of amidine groups is 1. The number of nitrogens with zero attached hydrogens (tertiary/aromatic N) is 2. The van der Waals surface area contributed by atoms with Gasteiger partial charge in [0.2, 0.25) is 0 Å². The van der Waals surface area contributed by atoms with E-state index in [0.29, 0.717) is 12.1 Å². The molecule has 26 heavy (non-hydrogen) atoms. The lowest BCUT2D eigenvalue weighted by Crippen LogP contribution is -2.42. The van der Waals surface area contributed by atoms with Gasteiger partial charge in [0.1, 0.15) is 5.84 Å². The lowest BCUT2D eigenvalue weighted by Gasteiger charge is -2.39. The molecule has 0 aliphatic carbocycles. The zero-order chi connectivity index (χ0) is 18.3. The average Bonchev–Trinajstić information content (AvgIpc) is 3.03. The van der Waals surface area contributed by atoms with E-state index in [2.05, 4.69) is 60.0 Å². The Morgan fingerprint density at radius 2 is 2.00 bits per heavy atom. The maximum atomic E-state index is 7.82. The molecule has 2 aliphatic rings. The second-order valence-electron chi connectivity index (χ2n) is 7.37. The maximum Gasteiger partial charge on any atom is 0.122 e. The third kappa shape index (κ3) is 3.10. The van der Waals surface area contributed by atoms with Gasteiger partial charge in [-0.2, -0.15) is 0 Å². The number of fused-ring (bicyclic) bond motifs is 2. The van der Waals surface area contributed by atoms with Crippen LogP contribution in [0.4, 0.5) is 11.4 Å². The Labute approximate surface area is 159 Å². The van der Waals surface area contributed by atoms with Gasteiger partial charge in [-0.1, -0.05) is 30.0 Å². The molecule has 136 valence electrons. The van der Waals surface area contributed by atoms with Crippen LogP contribution >= 0.6 is 11.8 Å². The Hall–Kier alpha value is -1.98. The van der Waals surface area contributed by atoms with Crippen LogP contribution in [0.5, 0.6) is 0 Å². The first-order valence-electron chi connectivity index (χ1n) is 9.33. The monoisotopic (exact) mass is 366 g/mol. The number of nitrogens with two attached hydrogens (primary N) is 1. The number of anilines is 2. The second kappa shape index (κ2) is 6.97. The van der Waals surface area contributed by atoms with E-state index in [-0.39, 0.29) is 5.84 Å². The van der Waals surface area contributed by atoms with Crippen LogP contribution in [-0.4, -0.2) is 35.9 Å². The van der Waals surface area contributed by atoms with E-state index in [1.165, 1.54) is 40.6 Å². The summed E-state index contributed by atoms with van der Waals surface area (Å²) in [6.07, 6.45) is 2.59. The SMILES string of the molecule is CC1CCCN1CC(C)N1c2ccccc2Sc2ccc(C(=N)N)cc21. The molecule has 0 amide bonds. The van der Waals surface area contributed by atoms with Gasteiger partial charge >= 0.3 is 0 Å². The normalized spacial score (nSPS) is 20.5. The fourth-order valence-electron chi connectivity index (χ4n) is 4.11. The summed E-state index contributed by atoms with van der Waals surface area (Å²) in [5.74, 6) is 0.123. The number of likely N-dealkylation sites (tertiary alicyclic amines) is 1. The Morgan fingerprint density at radius 1 is 1.23 bits per heavy atom. The summed E-state index contributed by atoms with van der Waals surface area (Å²) in [7, 11) is 0. The van der Waals surface area contributed by atoms with Crippen molar-refractivity contribution in [1.29, 1.82) is 5.41 Å². The van der Waals surface area contributed by atoms with Gasteiger partial charge in [-0.15, -0.1) is 0 Å². The largest absolute Gasteiger partial charge is 0.384 e. The lowest BCUT2D eigenvalue weighted by atomic mass is 10.1. The van der Waals surface area contributed by atoms with Gasteiger partial charge in [0.05, 0.1) is 11.4 Å². The number of para-hydroxylation sites is 1. The highest BCUT2D eigenvalue weighted by molar-refractivity contribution is 7.99. The predicted molar refractivity (Wildman–Crippen MR) is 110 cm³/mol. The summed E-state index contributed by atoms with van der Waals surface area (Å²) in [6.45, 7) is 6.88. The molecular formula is C21H26N4S. The van der Waals surface area contributed by atoms with Crippen LogP contribution in [0.15, 0.2) is 52.3 Å². The minimum Gasteiger partial charge on any atom is -0.384 e. The van der Waals surface area contributed by atoms with E-state index in [0.717, 1.165) is 12.1 Å². The van der Waals surface area contributed by atoms with Crippen molar-refractivity contribution in [3.05, 3.63) is 48.0 Å². The van der Waals surface area contributed by atoms with E-state index in [1.807, 2.05) is 6.07 Å². The van der Waals surface area contributed by atoms with Gasteiger partial charge in [0.25, 0.3) is 0 Å². The van der Waals surface area contributed by atoms with Gasteiger partial charge in [-0.3, -0.25) is 10.3 Å². The number of benzene rings is 2. The van der Waals surface area contributed by atoms with E-state index < -0.39 is 0 Å². The van der Waals surface area contributed by atoms with Crippen LogP contribution in [0, 0.1) is 5.41 Å². The Bertz CT molecular complexity index is 835. The third-order valence-corrected chi connectivity index (χ3v) is 6.63. The summed E-state index contributed by atoms with van der Waals surface area (Å²) in [5.41, 5.74) is 8.97. The fraction of sp³-hybridized carbons (Fsp3) is 0.381. The molecule has 0 radical (unpaired) electrons. The molecule has 5 heteroatoms. The molecule has 0 aromatic heterocycles. The number of nitrogens with one attached hydrogen (secondary N) is 1. The smallest absolute Gasteiger partial charge is 0.122 e. The zero-order valence-electron chi connectivity index (χ0n) is 15.4. The quantitative estimate of drug-likeness (QED) is 0.620. The molecule has 3 N–H and O–H groups in total. The first kappa shape index (κ1) is 17.4. The number of rotatable bonds is 4. The van der Waals surface area contributed by atoms with E-state index >= 15 is 0 Å². The van der Waals surface area contributed by atoms with Crippen LogP contribution in [0.3, 0.4) is 0 Å². The molecule has 4 rings (SSSR count). The standard InChI is InChI=1S/C21H26N4S/c1-14-6-5-11-24(14)13-15(2)25-17-7-3-4-8-19(17)26-20-10-9-16(21(22)23)12-18(20)25/h3-4,7-10,12,14-15H,5-6,11,13H2,1-2H3,(H3,22,23). The van der Waals surface area contributed by atoms with Gasteiger partial charge in [0.15, 0.2) is 0 Å². The number of nitrogen functional groups attached to an aromatic ring is 1. The van der Waals surface area contributed by atoms with Gasteiger partial charge < -0.3 is 10.6 Å². The molecule has 0 spiro atoms. The number of hydrogen-bond acceptors (Lipinski definition) is 4. The summed E-state index contributed by atoms with van der Waals surface area (Å²) in [6, 6.07) is 15.7. The topological polar surface area (TPSA) is 56.4 Å². The third-order valence-electron chi connectivity index (χ3n) is 5.50. The molecule has 2 aromatic carbocycles. The molecule has 0 saturated carbocycles. The van der Waals surface area contributed by atoms with Crippen LogP contribution in [0.2, 0.25) is 0 Å². The molecule has 2 aromatic rings. The average molecular weight is 367 g/mol. The Balaban J connectivity index is 1.74. The lowest BCUT2D eigenvalue weighted by molar-refractivity contribution is 0.255. The van der Waals surface area contributed by atoms with Crippen molar-refractivity contribution >= 4 is 29.0 Å². The maximum absolute atomic E-state index is 7.82. The summed E-state index contributed by atoms with van der Waals surface area (Å²) >= 11 is 1.80. The molecule has 2 heterocycles. The van der Waals surface area contributed by atoms with Crippen molar-refractivity contribution in [2.24, 2.45) is 5.73 Å². The molecule has 0 bridgehead atoms. The minimum atomic E-state index is 0.123. The van der Waals surface area contributed by atoms with Crippen molar-refractivity contribution in [2.45, 2.75) is 48.6 Å². The fourth-order valence-corrected chi connectivity index (χ4v) is 5.16. The van der Waals surface area contributed by atoms with Crippen LogP contribution in [0.25, 0.3) is 0 Å². The summed E-state index contributed by atoms with van der Waals surface area (Å²) in [5, 5.41) is 7.82. The molecule has 2 unspecified atom stereocenters. The minimum absolute atomic E-state index is 0.123. The molecular weight excluding hydrogens is 340 g/mol. The second-order valence-corrected chi connectivity index (χ2v) is 8.45.